The Bertz CT molecular complexity index is 711. The van der Waals surface area contributed by atoms with Gasteiger partial charge < -0.3 is 9.47 Å². The minimum absolute atomic E-state index is 0.0475. The van der Waals surface area contributed by atoms with Crippen LogP contribution in [-0.4, -0.2) is 18.4 Å². The molecule has 0 aliphatic heterocycles. The fraction of sp³-hybridized carbons (Fsp3) is 0.176. The van der Waals surface area contributed by atoms with Gasteiger partial charge in [-0.1, -0.05) is 22.9 Å². The molecule has 2 rings (SSSR count). The zero-order chi connectivity index (χ0) is 16.8. The Morgan fingerprint density at radius 2 is 1.74 bits per heavy atom. The molecule has 0 aliphatic rings. The van der Waals surface area contributed by atoms with E-state index in [9.17, 15) is 9.59 Å². The second kappa shape index (κ2) is 8.26. The highest BCUT2D eigenvalue weighted by atomic mass is 79.9. The van der Waals surface area contributed by atoms with Crippen molar-refractivity contribution in [3.63, 3.8) is 0 Å². The molecular weight excluding hydrogens is 428 g/mol. The van der Waals surface area contributed by atoms with Crippen LogP contribution >= 0.6 is 31.9 Å². The van der Waals surface area contributed by atoms with Crippen molar-refractivity contribution in [2.24, 2.45) is 0 Å². The second-order valence-electron chi connectivity index (χ2n) is 4.64. The molecule has 0 unspecified atom stereocenters. The van der Waals surface area contributed by atoms with E-state index in [4.69, 9.17) is 9.47 Å². The summed E-state index contributed by atoms with van der Waals surface area (Å²) in [5.41, 5.74) is 0.599. The van der Waals surface area contributed by atoms with E-state index in [-0.39, 0.29) is 12.4 Å². The zero-order valence-corrected chi connectivity index (χ0v) is 15.5. The van der Waals surface area contributed by atoms with Crippen LogP contribution in [0.3, 0.4) is 0 Å². The second-order valence-corrected chi connectivity index (χ2v) is 6.41. The van der Waals surface area contributed by atoms with Gasteiger partial charge in [-0.2, -0.15) is 0 Å². The quantitative estimate of drug-likeness (QED) is 0.367. The average molecular weight is 442 g/mol. The molecule has 0 radical (unpaired) electrons. The molecule has 0 saturated carbocycles. The highest BCUT2D eigenvalue weighted by molar-refractivity contribution is 9.11. The van der Waals surface area contributed by atoms with Gasteiger partial charge in [-0.3, -0.25) is 4.79 Å². The monoisotopic (exact) mass is 440 g/mol. The molecule has 0 aliphatic carbocycles. The van der Waals surface area contributed by atoms with Crippen LogP contribution in [0.5, 0.6) is 11.5 Å². The maximum absolute atomic E-state index is 11.8. The van der Waals surface area contributed by atoms with E-state index >= 15 is 0 Å². The van der Waals surface area contributed by atoms with Crippen LogP contribution < -0.4 is 9.47 Å². The average Bonchev–Trinajstić information content (AvgIpc) is 2.54. The van der Waals surface area contributed by atoms with Crippen molar-refractivity contribution in [3.8, 4) is 11.5 Å². The molecule has 120 valence electrons. The molecule has 2 aromatic rings. The predicted octanol–water partition coefficient (Wildman–Crippen LogP) is 4.79. The van der Waals surface area contributed by atoms with Gasteiger partial charge in [-0.05, 0) is 58.4 Å². The summed E-state index contributed by atoms with van der Waals surface area (Å²) in [5, 5.41) is 0. The largest absolute Gasteiger partial charge is 0.481 e. The van der Waals surface area contributed by atoms with Crippen LogP contribution in [0.2, 0.25) is 0 Å². The molecule has 0 spiro atoms. The minimum Gasteiger partial charge on any atom is -0.481 e. The van der Waals surface area contributed by atoms with Gasteiger partial charge in [0.1, 0.15) is 11.5 Å². The van der Waals surface area contributed by atoms with Gasteiger partial charge in [0.05, 0.1) is 4.47 Å². The van der Waals surface area contributed by atoms with E-state index < -0.39 is 5.97 Å². The Morgan fingerprint density at radius 3 is 2.35 bits per heavy atom. The first-order valence-corrected chi connectivity index (χ1v) is 8.50. The SMILES string of the molecule is CCC(=O)c1ccc(OC(=O)COc2ccc(Br)cc2Br)cc1. The van der Waals surface area contributed by atoms with E-state index in [0.29, 0.717) is 23.5 Å². The molecule has 0 N–H and O–H groups in total. The van der Waals surface area contributed by atoms with Gasteiger partial charge in [0.2, 0.25) is 0 Å². The van der Waals surface area contributed by atoms with Crippen molar-refractivity contribution >= 4 is 43.6 Å². The summed E-state index contributed by atoms with van der Waals surface area (Å²) in [5.74, 6) is 0.454. The van der Waals surface area contributed by atoms with E-state index in [1.165, 1.54) is 0 Å². The van der Waals surface area contributed by atoms with E-state index in [1.54, 1.807) is 37.3 Å². The van der Waals surface area contributed by atoms with Gasteiger partial charge >= 0.3 is 5.97 Å². The van der Waals surface area contributed by atoms with Crippen LogP contribution in [0.15, 0.2) is 51.4 Å². The molecular formula is C17H14Br2O4. The number of ketones is 1. The lowest BCUT2D eigenvalue weighted by Gasteiger charge is -2.09. The molecule has 0 bridgehead atoms. The number of benzene rings is 2. The van der Waals surface area contributed by atoms with Crippen molar-refractivity contribution < 1.29 is 19.1 Å². The highest BCUT2D eigenvalue weighted by Crippen LogP contribution is 2.28. The summed E-state index contributed by atoms with van der Waals surface area (Å²) >= 11 is 6.69. The molecule has 23 heavy (non-hydrogen) atoms. The molecule has 0 fully saturated rings. The lowest BCUT2D eigenvalue weighted by molar-refractivity contribution is -0.136. The molecule has 6 heteroatoms. The lowest BCUT2D eigenvalue weighted by atomic mass is 10.1. The normalized spacial score (nSPS) is 10.2. The summed E-state index contributed by atoms with van der Waals surface area (Å²) in [6.07, 6.45) is 0.440. The van der Waals surface area contributed by atoms with Gasteiger partial charge in [-0.15, -0.1) is 0 Å². The van der Waals surface area contributed by atoms with Crippen molar-refractivity contribution in [2.75, 3.05) is 6.61 Å². The Hall–Kier alpha value is -1.66. The maximum atomic E-state index is 11.8. The van der Waals surface area contributed by atoms with Crippen LogP contribution in [0.4, 0.5) is 0 Å². The number of halogens is 2. The summed E-state index contributed by atoms with van der Waals surface area (Å²) in [7, 11) is 0. The maximum Gasteiger partial charge on any atom is 0.349 e. The van der Waals surface area contributed by atoms with Gasteiger partial charge in [0.25, 0.3) is 0 Å². The minimum atomic E-state index is -0.519. The lowest BCUT2D eigenvalue weighted by Crippen LogP contribution is -2.17. The van der Waals surface area contributed by atoms with Gasteiger partial charge in [-0.25, -0.2) is 4.79 Å². The third-order valence-electron chi connectivity index (χ3n) is 2.97. The van der Waals surface area contributed by atoms with Crippen LogP contribution in [0.25, 0.3) is 0 Å². The first-order valence-electron chi connectivity index (χ1n) is 6.91. The van der Waals surface area contributed by atoms with Crippen molar-refractivity contribution in [2.45, 2.75) is 13.3 Å². The Labute approximate surface area is 151 Å². The summed E-state index contributed by atoms with van der Waals surface area (Å²) in [6.45, 7) is 1.59. The van der Waals surface area contributed by atoms with E-state index in [0.717, 1.165) is 8.95 Å². The molecule has 2 aromatic carbocycles. The van der Waals surface area contributed by atoms with Crippen LogP contribution in [0.1, 0.15) is 23.7 Å². The number of esters is 1. The third kappa shape index (κ3) is 5.18. The number of hydrogen-bond donors (Lipinski definition) is 0. The Balaban J connectivity index is 1.90. The van der Waals surface area contributed by atoms with Crippen molar-refractivity contribution in [3.05, 3.63) is 57.0 Å². The number of hydrogen-bond acceptors (Lipinski definition) is 4. The summed E-state index contributed by atoms with van der Waals surface area (Å²) < 4.78 is 12.2. The molecule has 0 heterocycles. The standard InChI is InChI=1S/C17H14Br2O4/c1-2-15(20)11-3-6-13(7-4-11)23-17(21)10-22-16-8-5-12(18)9-14(16)19/h3-9H,2,10H2,1H3. The Morgan fingerprint density at radius 1 is 1.04 bits per heavy atom. The molecule has 0 saturated heterocycles. The number of Topliss-reactive ketones (excluding diaryl/α,β-unsaturated/α-hetero) is 1. The first kappa shape index (κ1) is 17.7. The topological polar surface area (TPSA) is 52.6 Å². The zero-order valence-electron chi connectivity index (χ0n) is 12.3. The summed E-state index contributed by atoms with van der Waals surface area (Å²) in [4.78, 5) is 23.3. The fourth-order valence-electron chi connectivity index (χ4n) is 1.80. The van der Waals surface area contributed by atoms with Crippen LogP contribution in [-0.2, 0) is 4.79 Å². The smallest absolute Gasteiger partial charge is 0.349 e. The van der Waals surface area contributed by atoms with Gasteiger partial charge in [0, 0.05) is 16.5 Å². The van der Waals surface area contributed by atoms with E-state index in [2.05, 4.69) is 31.9 Å². The number of ether oxygens (including phenoxy) is 2. The number of carbonyl (C=O) groups is 2. The van der Waals surface area contributed by atoms with Crippen molar-refractivity contribution in [1.82, 2.24) is 0 Å². The van der Waals surface area contributed by atoms with Crippen molar-refractivity contribution in [1.29, 1.82) is 0 Å². The van der Waals surface area contributed by atoms with Gasteiger partial charge in [0.15, 0.2) is 12.4 Å². The number of carbonyl (C=O) groups excluding carboxylic acids is 2. The predicted molar refractivity (Wildman–Crippen MR) is 94.0 cm³/mol. The van der Waals surface area contributed by atoms with E-state index in [1.807, 2.05) is 12.1 Å². The third-order valence-corrected chi connectivity index (χ3v) is 4.08. The number of rotatable bonds is 6. The fourth-order valence-corrected chi connectivity index (χ4v) is 2.96. The summed E-state index contributed by atoms with van der Waals surface area (Å²) in [6, 6.07) is 11.8. The van der Waals surface area contributed by atoms with Crippen LogP contribution in [0, 0.1) is 0 Å². The Kier molecular flexibility index (Phi) is 6.36. The first-order chi connectivity index (χ1) is 11.0. The molecule has 4 nitrogen and oxygen atoms in total. The molecule has 0 amide bonds. The molecule has 0 aromatic heterocycles. The molecule has 0 atom stereocenters. The highest BCUT2D eigenvalue weighted by Gasteiger charge is 2.09.